The second kappa shape index (κ2) is 6.08. The van der Waals surface area contributed by atoms with Crippen LogP contribution in [0.15, 0.2) is 29.2 Å². The molecule has 0 bridgehead atoms. The van der Waals surface area contributed by atoms with E-state index in [9.17, 15) is 4.79 Å². The molecule has 1 amide bonds. The first-order chi connectivity index (χ1) is 9.04. The maximum atomic E-state index is 11.9. The SMILES string of the molecule is Cc1nc(NC(=O)C(C)Sc2ccc(Cl)cc2)n[nH]1. The molecule has 1 unspecified atom stereocenters. The van der Waals surface area contributed by atoms with Crippen molar-refractivity contribution in [3.8, 4) is 0 Å². The Hall–Kier alpha value is -1.53. The number of benzene rings is 1. The monoisotopic (exact) mass is 296 g/mol. The summed E-state index contributed by atoms with van der Waals surface area (Å²) < 4.78 is 0. The summed E-state index contributed by atoms with van der Waals surface area (Å²) in [5.41, 5.74) is 0. The molecule has 1 heterocycles. The van der Waals surface area contributed by atoms with Gasteiger partial charge in [0.05, 0.1) is 5.25 Å². The van der Waals surface area contributed by atoms with E-state index >= 15 is 0 Å². The number of nitrogens with one attached hydrogen (secondary N) is 2. The molecule has 5 nitrogen and oxygen atoms in total. The molecular weight excluding hydrogens is 284 g/mol. The van der Waals surface area contributed by atoms with Crippen molar-refractivity contribution < 1.29 is 4.79 Å². The Balaban J connectivity index is 1.94. The zero-order valence-electron chi connectivity index (χ0n) is 10.5. The predicted octanol–water partition coefficient (Wildman–Crippen LogP) is 2.89. The lowest BCUT2D eigenvalue weighted by atomic mass is 10.4. The van der Waals surface area contributed by atoms with E-state index in [1.807, 2.05) is 19.1 Å². The van der Waals surface area contributed by atoms with Crippen molar-refractivity contribution in [2.75, 3.05) is 5.32 Å². The molecule has 0 aliphatic carbocycles. The Morgan fingerprint density at radius 3 is 2.68 bits per heavy atom. The topological polar surface area (TPSA) is 70.7 Å². The van der Waals surface area contributed by atoms with Gasteiger partial charge in [0.1, 0.15) is 5.82 Å². The quantitative estimate of drug-likeness (QED) is 0.851. The van der Waals surface area contributed by atoms with E-state index in [1.54, 1.807) is 19.1 Å². The number of hydrogen-bond donors (Lipinski definition) is 2. The van der Waals surface area contributed by atoms with Crippen molar-refractivity contribution in [3.05, 3.63) is 35.1 Å². The molecule has 0 saturated carbocycles. The van der Waals surface area contributed by atoms with Gasteiger partial charge in [0.2, 0.25) is 11.9 Å². The molecule has 1 aromatic carbocycles. The van der Waals surface area contributed by atoms with Gasteiger partial charge in [0.15, 0.2) is 0 Å². The van der Waals surface area contributed by atoms with Crippen LogP contribution in [0.1, 0.15) is 12.7 Å². The lowest BCUT2D eigenvalue weighted by molar-refractivity contribution is -0.115. The molecule has 0 aliphatic heterocycles. The Morgan fingerprint density at radius 1 is 1.42 bits per heavy atom. The number of hydrogen-bond acceptors (Lipinski definition) is 4. The van der Waals surface area contributed by atoms with Crippen LogP contribution in [0.5, 0.6) is 0 Å². The van der Waals surface area contributed by atoms with Crippen LogP contribution in [0.2, 0.25) is 5.02 Å². The Morgan fingerprint density at radius 2 is 2.11 bits per heavy atom. The zero-order chi connectivity index (χ0) is 13.8. The summed E-state index contributed by atoms with van der Waals surface area (Å²) in [5.74, 6) is 0.818. The lowest BCUT2D eigenvalue weighted by Gasteiger charge is -2.09. The number of thioether (sulfide) groups is 1. The number of aromatic amines is 1. The number of anilines is 1. The molecule has 1 atom stereocenters. The number of halogens is 1. The molecule has 100 valence electrons. The highest BCUT2D eigenvalue weighted by atomic mass is 35.5. The molecule has 0 aliphatic rings. The number of nitrogens with zero attached hydrogens (tertiary/aromatic N) is 2. The normalized spacial score (nSPS) is 12.2. The third kappa shape index (κ3) is 3.97. The minimum Gasteiger partial charge on any atom is -0.292 e. The second-order valence-corrected chi connectivity index (χ2v) is 5.80. The van der Waals surface area contributed by atoms with E-state index in [0.717, 1.165) is 4.90 Å². The van der Waals surface area contributed by atoms with E-state index in [2.05, 4.69) is 20.5 Å². The van der Waals surface area contributed by atoms with Gasteiger partial charge in [0.25, 0.3) is 0 Å². The van der Waals surface area contributed by atoms with Crippen LogP contribution in [-0.2, 0) is 4.79 Å². The Kier molecular flexibility index (Phi) is 4.44. The molecular formula is C12H13ClN4OS. The number of aromatic nitrogens is 3. The maximum absolute atomic E-state index is 11.9. The third-order valence-electron chi connectivity index (χ3n) is 2.33. The Bertz CT molecular complexity index is 569. The summed E-state index contributed by atoms with van der Waals surface area (Å²) in [7, 11) is 0. The average Bonchev–Trinajstić information content (AvgIpc) is 2.77. The first-order valence-corrected chi connectivity index (χ1v) is 6.92. The van der Waals surface area contributed by atoms with Crippen LogP contribution in [0.4, 0.5) is 5.95 Å². The molecule has 2 aromatic rings. The summed E-state index contributed by atoms with van der Waals surface area (Å²) in [6.07, 6.45) is 0. The molecule has 2 rings (SSSR count). The van der Waals surface area contributed by atoms with Gasteiger partial charge in [-0.3, -0.25) is 15.2 Å². The van der Waals surface area contributed by atoms with Crippen molar-refractivity contribution in [3.63, 3.8) is 0 Å². The number of aryl methyl sites for hydroxylation is 1. The van der Waals surface area contributed by atoms with Gasteiger partial charge in [-0.05, 0) is 38.1 Å². The summed E-state index contributed by atoms with van der Waals surface area (Å²) in [6, 6.07) is 7.36. The van der Waals surface area contributed by atoms with Gasteiger partial charge < -0.3 is 0 Å². The second-order valence-electron chi connectivity index (χ2n) is 3.95. The number of H-pyrrole nitrogens is 1. The molecule has 0 radical (unpaired) electrons. The lowest BCUT2D eigenvalue weighted by Crippen LogP contribution is -2.23. The van der Waals surface area contributed by atoms with Gasteiger partial charge in [-0.1, -0.05) is 11.6 Å². The van der Waals surface area contributed by atoms with E-state index < -0.39 is 0 Å². The highest BCUT2D eigenvalue weighted by Gasteiger charge is 2.16. The predicted molar refractivity (Wildman–Crippen MR) is 76.5 cm³/mol. The smallest absolute Gasteiger partial charge is 0.248 e. The van der Waals surface area contributed by atoms with Crippen LogP contribution in [0, 0.1) is 6.92 Å². The number of carbonyl (C=O) groups is 1. The summed E-state index contributed by atoms with van der Waals surface area (Å²) in [4.78, 5) is 17.0. The standard InChI is InChI=1S/C12H13ClN4OS/c1-7(19-10-5-3-9(13)4-6-10)11(18)15-12-14-8(2)16-17-12/h3-7H,1-2H3,(H2,14,15,16,17,18). The van der Waals surface area contributed by atoms with Crippen molar-refractivity contribution in [2.24, 2.45) is 0 Å². The van der Waals surface area contributed by atoms with Gasteiger partial charge in [0, 0.05) is 9.92 Å². The van der Waals surface area contributed by atoms with Crippen molar-refractivity contribution in [2.45, 2.75) is 24.0 Å². The first-order valence-electron chi connectivity index (χ1n) is 5.66. The fourth-order valence-corrected chi connectivity index (χ4v) is 2.37. The largest absolute Gasteiger partial charge is 0.292 e. The molecule has 0 fully saturated rings. The van der Waals surface area contributed by atoms with Gasteiger partial charge >= 0.3 is 0 Å². The fourth-order valence-electron chi connectivity index (χ4n) is 1.38. The highest BCUT2D eigenvalue weighted by molar-refractivity contribution is 8.00. The molecule has 7 heteroatoms. The third-order valence-corrected chi connectivity index (χ3v) is 3.69. The number of amides is 1. The molecule has 19 heavy (non-hydrogen) atoms. The molecule has 1 aromatic heterocycles. The van der Waals surface area contributed by atoms with Crippen LogP contribution in [-0.4, -0.2) is 26.3 Å². The summed E-state index contributed by atoms with van der Waals surface area (Å²) >= 11 is 7.26. The minimum atomic E-state index is -0.250. The highest BCUT2D eigenvalue weighted by Crippen LogP contribution is 2.25. The van der Waals surface area contributed by atoms with Gasteiger partial charge in [-0.25, -0.2) is 0 Å². The summed E-state index contributed by atoms with van der Waals surface area (Å²) in [5, 5.41) is 9.62. The van der Waals surface area contributed by atoms with Crippen molar-refractivity contribution in [1.82, 2.24) is 15.2 Å². The summed E-state index contributed by atoms with van der Waals surface area (Å²) in [6.45, 7) is 3.60. The van der Waals surface area contributed by atoms with Crippen LogP contribution in [0.25, 0.3) is 0 Å². The van der Waals surface area contributed by atoms with E-state index in [1.165, 1.54) is 11.8 Å². The van der Waals surface area contributed by atoms with Crippen LogP contribution in [0.3, 0.4) is 0 Å². The average molecular weight is 297 g/mol. The van der Waals surface area contributed by atoms with Gasteiger partial charge in [-0.15, -0.1) is 16.9 Å². The zero-order valence-corrected chi connectivity index (χ0v) is 12.0. The van der Waals surface area contributed by atoms with Crippen LogP contribution < -0.4 is 5.32 Å². The number of carbonyl (C=O) groups excluding carboxylic acids is 1. The minimum absolute atomic E-state index is 0.140. The van der Waals surface area contributed by atoms with Crippen molar-refractivity contribution >= 4 is 35.2 Å². The fraction of sp³-hybridized carbons (Fsp3) is 0.250. The Labute approximate surface area is 120 Å². The van der Waals surface area contributed by atoms with E-state index in [-0.39, 0.29) is 11.2 Å². The first kappa shape index (κ1) is 13.9. The van der Waals surface area contributed by atoms with E-state index in [4.69, 9.17) is 11.6 Å². The van der Waals surface area contributed by atoms with Crippen molar-refractivity contribution in [1.29, 1.82) is 0 Å². The number of rotatable bonds is 4. The maximum Gasteiger partial charge on any atom is 0.248 e. The molecule has 0 spiro atoms. The van der Waals surface area contributed by atoms with Gasteiger partial charge in [-0.2, -0.15) is 4.98 Å². The van der Waals surface area contributed by atoms with Crippen LogP contribution >= 0.6 is 23.4 Å². The molecule has 2 N–H and O–H groups in total. The molecule has 0 saturated heterocycles. The van der Waals surface area contributed by atoms with E-state index in [0.29, 0.717) is 16.8 Å².